The topological polar surface area (TPSA) is 46.2 Å². The maximum Gasteiger partial charge on any atom is 0.152 e. The van der Waals surface area contributed by atoms with Gasteiger partial charge in [-0.15, -0.1) is 0 Å². The molecular weight excluding hydrogens is 246 g/mol. The summed E-state index contributed by atoms with van der Waals surface area (Å²) in [7, 11) is -2.92. The quantitative estimate of drug-likeness (QED) is 0.828. The van der Waals surface area contributed by atoms with E-state index < -0.39 is 9.84 Å². The zero-order valence-corrected chi connectivity index (χ0v) is 12.3. The summed E-state index contributed by atoms with van der Waals surface area (Å²) in [5, 5.41) is 3.15. The molecule has 0 bridgehead atoms. The summed E-state index contributed by atoms with van der Waals surface area (Å²) in [4.78, 5) is 0. The molecule has 18 heavy (non-hydrogen) atoms. The number of sulfone groups is 1. The third-order valence-corrected chi connectivity index (χ3v) is 4.45. The van der Waals surface area contributed by atoms with Crippen LogP contribution >= 0.6 is 0 Å². The van der Waals surface area contributed by atoms with Gasteiger partial charge in [-0.1, -0.05) is 26.0 Å². The minimum Gasteiger partial charge on any atom is -0.384 e. The highest BCUT2D eigenvalue weighted by atomic mass is 32.2. The third kappa shape index (κ3) is 6.05. The van der Waals surface area contributed by atoms with Crippen molar-refractivity contribution < 1.29 is 8.42 Å². The maximum absolute atomic E-state index is 11.8. The van der Waals surface area contributed by atoms with Gasteiger partial charge in [0, 0.05) is 12.2 Å². The lowest BCUT2D eigenvalue weighted by Crippen LogP contribution is -2.19. The molecule has 0 aliphatic carbocycles. The maximum atomic E-state index is 11.8. The molecule has 0 saturated heterocycles. The molecule has 0 unspecified atom stereocenters. The van der Waals surface area contributed by atoms with Gasteiger partial charge in [-0.05, 0) is 37.0 Å². The standard InChI is InChI=1S/C14H23NO2S/c1-12(2)7-9-18(16,17)10-8-15-14-6-4-5-13(3)11-14/h4-6,11-12,15H,7-10H2,1-3H3. The highest BCUT2D eigenvalue weighted by Crippen LogP contribution is 2.09. The molecule has 102 valence electrons. The molecule has 1 rings (SSSR count). The minimum absolute atomic E-state index is 0.202. The second kappa shape index (κ2) is 6.78. The molecule has 0 aliphatic rings. The van der Waals surface area contributed by atoms with Gasteiger partial charge in [-0.2, -0.15) is 0 Å². The molecule has 0 amide bonds. The molecule has 1 N–H and O–H groups in total. The minimum atomic E-state index is -2.92. The molecule has 0 radical (unpaired) electrons. The van der Waals surface area contributed by atoms with Gasteiger partial charge in [0.05, 0.1) is 11.5 Å². The number of anilines is 1. The van der Waals surface area contributed by atoms with Crippen molar-refractivity contribution in [3.05, 3.63) is 29.8 Å². The fourth-order valence-corrected chi connectivity index (χ4v) is 3.07. The summed E-state index contributed by atoms with van der Waals surface area (Å²) in [6.45, 7) is 6.58. The summed E-state index contributed by atoms with van der Waals surface area (Å²) in [6, 6.07) is 7.95. The number of hydrogen-bond acceptors (Lipinski definition) is 3. The highest BCUT2D eigenvalue weighted by molar-refractivity contribution is 7.91. The Morgan fingerprint density at radius 3 is 2.56 bits per heavy atom. The van der Waals surface area contributed by atoms with E-state index >= 15 is 0 Å². The number of aryl methyl sites for hydroxylation is 1. The van der Waals surface area contributed by atoms with Gasteiger partial charge < -0.3 is 5.32 Å². The van der Waals surface area contributed by atoms with E-state index in [1.807, 2.05) is 45.0 Å². The van der Waals surface area contributed by atoms with Crippen molar-refractivity contribution in [1.82, 2.24) is 0 Å². The van der Waals surface area contributed by atoms with E-state index in [4.69, 9.17) is 0 Å². The SMILES string of the molecule is Cc1cccc(NCCS(=O)(=O)CCC(C)C)c1. The molecule has 0 heterocycles. The lowest BCUT2D eigenvalue weighted by Gasteiger charge is -2.09. The molecular formula is C14H23NO2S. The first-order chi connectivity index (χ1) is 8.39. The summed E-state index contributed by atoms with van der Waals surface area (Å²) in [5.74, 6) is 0.929. The van der Waals surface area contributed by atoms with E-state index in [1.165, 1.54) is 5.56 Å². The van der Waals surface area contributed by atoms with Crippen LogP contribution in [0.15, 0.2) is 24.3 Å². The average Bonchev–Trinajstić information content (AvgIpc) is 2.26. The summed E-state index contributed by atoms with van der Waals surface area (Å²) < 4.78 is 23.5. The highest BCUT2D eigenvalue weighted by Gasteiger charge is 2.11. The van der Waals surface area contributed by atoms with E-state index in [9.17, 15) is 8.42 Å². The van der Waals surface area contributed by atoms with Crippen molar-refractivity contribution in [3.63, 3.8) is 0 Å². The van der Waals surface area contributed by atoms with E-state index in [2.05, 4.69) is 5.32 Å². The Morgan fingerprint density at radius 2 is 1.94 bits per heavy atom. The van der Waals surface area contributed by atoms with Crippen LogP contribution in [0.25, 0.3) is 0 Å². The Balaban J connectivity index is 2.37. The van der Waals surface area contributed by atoms with Crippen LogP contribution in [0.5, 0.6) is 0 Å². The van der Waals surface area contributed by atoms with Crippen LogP contribution in [-0.2, 0) is 9.84 Å². The monoisotopic (exact) mass is 269 g/mol. The van der Waals surface area contributed by atoms with Crippen LogP contribution in [-0.4, -0.2) is 26.5 Å². The van der Waals surface area contributed by atoms with Gasteiger partial charge in [0.2, 0.25) is 0 Å². The third-order valence-electron chi connectivity index (χ3n) is 2.77. The Labute approximate surface area is 111 Å². The summed E-state index contributed by atoms with van der Waals surface area (Å²) in [5.41, 5.74) is 2.15. The molecule has 0 aromatic heterocycles. The molecule has 1 aromatic rings. The fraction of sp³-hybridized carbons (Fsp3) is 0.571. The summed E-state index contributed by atoms with van der Waals surface area (Å²) in [6.07, 6.45) is 0.743. The lowest BCUT2D eigenvalue weighted by molar-refractivity contribution is 0.574. The second-order valence-corrected chi connectivity index (χ2v) is 7.43. The first-order valence-electron chi connectivity index (χ1n) is 6.40. The van der Waals surface area contributed by atoms with Gasteiger partial charge in [0.25, 0.3) is 0 Å². The number of nitrogens with one attached hydrogen (secondary N) is 1. The smallest absolute Gasteiger partial charge is 0.152 e. The molecule has 0 aliphatic heterocycles. The molecule has 0 saturated carbocycles. The van der Waals surface area contributed by atoms with Crippen LogP contribution in [0, 0.1) is 12.8 Å². The Kier molecular flexibility index (Phi) is 5.66. The molecule has 0 fully saturated rings. The zero-order valence-electron chi connectivity index (χ0n) is 11.4. The predicted molar refractivity (Wildman–Crippen MR) is 77.8 cm³/mol. The van der Waals surface area contributed by atoms with Crippen LogP contribution in [0.2, 0.25) is 0 Å². The lowest BCUT2D eigenvalue weighted by atomic mass is 10.2. The first kappa shape index (κ1) is 15.0. The zero-order chi connectivity index (χ0) is 13.6. The van der Waals surface area contributed by atoms with Crippen molar-refractivity contribution in [3.8, 4) is 0 Å². The van der Waals surface area contributed by atoms with E-state index in [0.717, 1.165) is 12.1 Å². The summed E-state index contributed by atoms with van der Waals surface area (Å²) >= 11 is 0. The fourth-order valence-electron chi connectivity index (χ4n) is 1.62. The number of hydrogen-bond donors (Lipinski definition) is 1. The van der Waals surface area contributed by atoms with E-state index in [1.54, 1.807) is 0 Å². The number of benzene rings is 1. The van der Waals surface area contributed by atoms with Gasteiger partial charge in [0.1, 0.15) is 0 Å². The van der Waals surface area contributed by atoms with Crippen LogP contribution in [0.3, 0.4) is 0 Å². The van der Waals surface area contributed by atoms with Gasteiger partial charge >= 0.3 is 0 Å². The molecule has 4 heteroatoms. The van der Waals surface area contributed by atoms with Crippen LogP contribution < -0.4 is 5.32 Å². The van der Waals surface area contributed by atoms with Crippen molar-refractivity contribution in [2.75, 3.05) is 23.4 Å². The second-order valence-electron chi connectivity index (χ2n) is 5.13. The first-order valence-corrected chi connectivity index (χ1v) is 8.22. The van der Waals surface area contributed by atoms with Gasteiger partial charge in [-0.3, -0.25) is 0 Å². The molecule has 0 atom stereocenters. The van der Waals surface area contributed by atoms with Crippen LogP contribution in [0.1, 0.15) is 25.8 Å². The van der Waals surface area contributed by atoms with E-state index in [0.29, 0.717) is 18.2 Å². The number of rotatable bonds is 7. The van der Waals surface area contributed by atoms with Crippen LogP contribution in [0.4, 0.5) is 5.69 Å². The Hall–Kier alpha value is -1.03. The van der Waals surface area contributed by atoms with Crippen molar-refractivity contribution >= 4 is 15.5 Å². The largest absolute Gasteiger partial charge is 0.384 e. The molecule has 1 aromatic carbocycles. The van der Waals surface area contributed by atoms with Crippen molar-refractivity contribution in [1.29, 1.82) is 0 Å². The van der Waals surface area contributed by atoms with Gasteiger partial charge in [-0.25, -0.2) is 8.42 Å². The van der Waals surface area contributed by atoms with Gasteiger partial charge in [0.15, 0.2) is 9.84 Å². The van der Waals surface area contributed by atoms with Crippen molar-refractivity contribution in [2.45, 2.75) is 27.2 Å². The molecule has 0 spiro atoms. The predicted octanol–water partition coefficient (Wildman–Crippen LogP) is 2.87. The Bertz CT molecular complexity index is 466. The van der Waals surface area contributed by atoms with E-state index in [-0.39, 0.29) is 5.75 Å². The van der Waals surface area contributed by atoms with Crippen molar-refractivity contribution in [2.24, 2.45) is 5.92 Å². The average molecular weight is 269 g/mol. The normalized spacial score (nSPS) is 11.8. The molecule has 3 nitrogen and oxygen atoms in total. The Morgan fingerprint density at radius 1 is 1.22 bits per heavy atom.